The molecule has 0 spiro atoms. The number of rotatable bonds is 2. The minimum absolute atomic E-state index is 0.0160. The Labute approximate surface area is 99.4 Å². The summed E-state index contributed by atoms with van der Waals surface area (Å²) in [6, 6.07) is 5.83. The molecule has 1 heterocycles. The molecule has 2 rings (SSSR count). The highest BCUT2D eigenvalue weighted by Gasteiger charge is 2.26. The molecule has 17 heavy (non-hydrogen) atoms. The van der Waals surface area contributed by atoms with Gasteiger partial charge in [0, 0.05) is 20.0 Å². The van der Waals surface area contributed by atoms with Crippen molar-refractivity contribution in [2.24, 2.45) is 0 Å². The van der Waals surface area contributed by atoms with Gasteiger partial charge in [-0.25, -0.2) is 9.18 Å². The number of likely N-dealkylation sites (tertiary alicyclic amines) is 1. The van der Waals surface area contributed by atoms with E-state index in [9.17, 15) is 9.18 Å². The van der Waals surface area contributed by atoms with E-state index in [2.05, 4.69) is 5.32 Å². The molecule has 1 aromatic rings. The lowest BCUT2D eigenvalue weighted by Crippen LogP contribution is -2.37. The zero-order valence-corrected chi connectivity index (χ0v) is 9.65. The summed E-state index contributed by atoms with van der Waals surface area (Å²) in [5.74, 6) is 0.353. The molecule has 0 aliphatic carbocycles. The molecule has 1 saturated heterocycles. The molecule has 1 aliphatic heterocycles. The number of nitrogens with one attached hydrogen (secondary N) is 1. The molecule has 1 aromatic carbocycles. The van der Waals surface area contributed by atoms with Gasteiger partial charge in [0.1, 0.15) is 17.7 Å². The summed E-state index contributed by atoms with van der Waals surface area (Å²) in [6.07, 6.45) is 0.780. The van der Waals surface area contributed by atoms with Crippen molar-refractivity contribution in [1.29, 1.82) is 0 Å². The summed E-state index contributed by atoms with van der Waals surface area (Å²) in [7, 11) is 1.61. The fraction of sp³-hybridized carbons (Fsp3) is 0.417. The van der Waals surface area contributed by atoms with Gasteiger partial charge < -0.3 is 15.0 Å². The summed E-state index contributed by atoms with van der Waals surface area (Å²) in [4.78, 5) is 13.1. The Balaban J connectivity index is 1.89. The molecule has 2 amide bonds. The lowest BCUT2D eigenvalue weighted by Gasteiger charge is -2.16. The van der Waals surface area contributed by atoms with Gasteiger partial charge in [-0.3, -0.25) is 0 Å². The molecule has 0 saturated carbocycles. The van der Waals surface area contributed by atoms with Crippen LogP contribution in [0, 0.1) is 5.82 Å². The van der Waals surface area contributed by atoms with E-state index in [1.165, 1.54) is 12.1 Å². The number of urea groups is 1. The third kappa shape index (κ3) is 2.87. The second-order valence-corrected chi connectivity index (χ2v) is 3.98. The minimum Gasteiger partial charge on any atom is -0.489 e. The first-order valence-corrected chi connectivity index (χ1v) is 5.58. The summed E-state index contributed by atoms with van der Waals surface area (Å²) < 4.78 is 18.4. The number of amides is 2. The van der Waals surface area contributed by atoms with Gasteiger partial charge in [-0.05, 0) is 24.3 Å². The van der Waals surface area contributed by atoms with Crippen LogP contribution in [-0.2, 0) is 0 Å². The predicted molar refractivity (Wildman–Crippen MR) is 61.5 cm³/mol. The highest BCUT2D eigenvalue weighted by atomic mass is 19.1. The molecule has 0 aromatic heterocycles. The van der Waals surface area contributed by atoms with Gasteiger partial charge in [0.05, 0.1) is 6.54 Å². The average molecular weight is 238 g/mol. The van der Waals surface area contributed by atoms with Crippen molar-refractivity contribution in [3.05, 3.63) is 30.1 Å². The molecule has 5 heteroatoms. The largest absolute Gasteiger partial charge is 0.489 e. The fourth-order valence-electron chi connectivity index (χ4n) is 1.87. The molecular formula is C12H15FN2O2. The third-order valence-corrected chi connectivity index (χ3v) is 2.76. The second-order valence-electron chi connectivity index (χ2n) is 3.98. The van der Waals surface area contributed by atoms with Crippen molar-refractivity contribution < 1.29 is 13.9 Å². The van der Waals surface area contributed by atoms with Crippen molar-refractivity contribution in [3.63, 3.8) is 0 Å². The molecule has 1 atom stereocenters. The van der Waals surface area contributed by atoms with Crippen molar-refractivity contribution in [3.8, 4) is 5.75 Å². The second kappa shape index (κ2) is 5.03. The van der Waals surface area contributed by atoms with E-state index >= 15 is 0 Å². The first kappa shape index (κ1) is 11.7. The van der Waals surface area contributed by atoms with Crippen LogP contribution in [0.3, 0.4) is 0 Å². The van der Waals surface area contributed by atoms with Gasteiger partial charge in [-0.1, -0.05) is 0 Å². The van der Waals surface area contributed by atoms with E-state index < -0.39 is 0 Å². The van der Waals surface area contributed by atoms with Crippen LogP contribution < -0.4 is 10.1 Å². The number of benzene rings is 1. The van der Waals surface area contributed by atoms with Crippen LogP contribution in [0.4, 0.5) is 9.18 Å². The molecule has 1 aliphatic rings. The summed E-state index contributed by atoms with van der Waals surface area (Å²) >= 11 is 0. The lowest BCUT2D eigenvalue weighted by atomic mass is 10.3. The van der Waals surface area contributed by atoms with E-state index in [4.69, 9.17) is 4.74 Å². The minimum atomic E-state index is -0.282. The van der Waals surface area contributed by atoms with Gasteiger partial charge in [0.2, 0.25) is 0 Å². The van der Waals surface area contributed by atoms with E-state index in [0.29, 0.717) is 18.8 Å². The average Bonchev–Trinajstić information content (AvgIpc) is 2.80. The zero-order valence-electron chi connectivity index (χ0n) is 9.65. The first-order chi connectivity index (χ1) is 8.19. The van der Waals surface area contributed by atoms with E-state index in [1.54, 1.807) is 24.1 Å². The smallest absolute Gasteiger partial charge is 0.317 e. The number of hydrogen-bond acceptors (Lipinski definition) is 2. The monoisotopic (exact) mass is 238 g/mol. The van der Waals surface area contributed by atoms with Gasteiger partial charge in [0.15, 0.2) is 0 Å². The van der Waals surface area contributed by atoms with Gasteiger partial charge in [-0.15, -0.1) is 0 Å². The van der Waals surface area contributed by atoms with Crippen LogP contribution in [-0.4, -0.2) is 37.2 Å². The number of carbonyl (C=O) groups is 1. The molecule has 0 bridgehead atoms. The molecule has 0 radical (unpaired) electrons. The van der Waals surface area contributed by atoms with E-state index in [1.807, 2.05) is 0 Å². The van der Waals surface area contributed by atoms with Crippen LogP contribution in [0.1, 0.15) is 6.42 Å². The van der Waals surface area contributed by atoms with Gasteiger partial charge in [0.25, 0.3) is 0 Å². The maximum absolute atomic E-state index is 12.7. The SMILES string of the molecule is CNC(=O)N1CCC(Oc2ccc(F)cc2)C1. The van der Waals surface area contributed by atoms with Crippen LogP contribution in [0.25, 0.3) is 0 Å². The number of hydrogen-bond donors (Lipinski definition) is 1. The highest BCUT2D eigenvalue weighted by Crippen LogP contribution is 2.18. The van der Waals surface area contributed by atoms with Crippen LogP contribution in [0.15, 0.2) is 24.3 Å². The molecule has 1 N–H and O–H groups in total. The Bertz CT molecular complexity index is 394. The van der Waals surface area contributed by atoms with Crippen molar-refractivity contribution in [2.45, 2.75) is 12.5 Å². The maximum Gasteiger partial charge on any atom is 0.317 e. The summed E-state index contributed by atoms with van der Waals surface area (Å²) in [5.41, 5.74) is 0. The molecule has 4 nitrogen and oxygen atoms in total. The Morgan fingerprint density at radius 2 is 2.18 bits per heavy atom. The molecule has 1 unspecified atom stereocenters. The van der Waals surface area contributed by atoms with Gasteiger partial charge >= 0.3 is 6.03 Å². The van der Waals surface area contributed by atoms with Crippen molar-refractivity contribution >= 4 is 6.03 Å². The fourth-order valence-corrected chi connectivity index (χ4v) is 1.87. The molecule has 1 fully saturated rings. The number of carbonyl (C=O) groups excluding carboxylic acids is 1. The summed E-state index contributed by atoms with van der Waals surface area (Å²) in [5, 5.41) is 2.58. The lowest BCUT2D eigenvalue weighted by molar-refractivity contribution is 0.188. The Morgan fingerprint density at radius 1 is 1.47 bits per heavy atom. The van der Waals surface area contributed by atoms with Crippen molar-refractivity contribution in [2.75, 3.05) is 20.1 Å². The van der Waals surface area contributed by atoms with Crippen LogP contribution >= 0.6 is 0 Å². The first-order valence-electron chi connectivity index (χ1n) is 5.58. The highest BCUT2D eigenvalue weighted by molar-refractivity contribution is 5.74. The Morgan fingerprint density at radius 3 is 2.82 bits per heavy atom. The molecule has 92 valence electrons. The normalized spacial score (nSPS) is 19.2. The summed E-state index contributed by atoms with van der Waals surface area (Å²) in [6.45, 7) is 1.25. The Kier molecular flexibility index (Phi) is 3.46. The maximum atomic E-state index is 12.7. The zero-order chi connectivity index (χ0) is 12.3. The Hall–Kier alpha value is -1.78. The van der Waals surface area contributed by atoms with Crippen LogP contribution in [0.2, 0.25) is 0 Å². The van der Waals surface area contributed by atoms with Gasteiger partial charge in [-0.2, -0.15) is 0 Å². The number of nitrogens with zero attached hydrogens (tertiary/aromatic N) is 1. The topological polar surface area (TPSA) is 41.6 Å². The predicted octanol–water partition coefficient (Wildman–Crippen LogP) is 1.62. The standard InChI is InChI=1S/C12H15FN2O2/c1-14-12(16)15-7-6-11(8-15)17-10-4-2-9(13)3-5-10/h2-5,11H,6-8H2,1H3,(H,14,16). The number of halogens is 1. The quantitative estimate of drug-likeness (QED) is 0.850. The third-order valence-electron chi connectivity index (χ3n) is 2.76. The number of ether oxygens (including phenoxy) is 1. The van der Waals surface area contributed by atoms with Crippen LogP contribution in [0.5, 0.6) is 5.75 Å². The van der Waals surface area contributed by atoms with Crippen molar-refractivity contribution in [1.82, 2.24) is 10.2 Å². The molecular weight excluding hydrogens is 223 g/mol. The van der Waals surface area contributed by atoms with E-state index in [-0.39, 0.29) is 18.0 Å². The van der Waals surface area contributed by atoms with E-state index in [0.717, 1.165) is 6.42 Å².